The molecule has 0 fully saturated rings. The van der Waals surface area contributed by atoms with E-state index in [4.69, 9.17) is 5.73 Å². The van der Waals surface area contributed by atoms with Gasteiger partial charge in [0.15, 0.2) is 0 Å². The lowest BCUT2D eigenvalue weighted by Crippen LogP contribution is -2.09. The molecule has 2 aromatic carbocycles. The quantitative estimate of drug-likeness (QED) is 0.786. The fourth-order valence-corrected chi connectivity index (χ4v) is 2.03. The Balaban J connectivity index is 2.71. The summed E-state index contributed by atoms with van der Waals surface area (Å²) in [4.78, 5) is 0. The largest absolute Gasteiger partial charge is 0.324 e. The highest BCUT2D eigenvalue weighted by Crippen LogP contribution is 2.26. The van der Waals surface area contributed by atoms with Crippen molar-refractivity contribution in [3.63, 3.8) is 0 Å². The summed E-state index contributed by atoms with van der Waals surface area (Å²) in [5.74, 6) is 0. The number of fused-ring (bicyclic) bond motifs is 1. The third-order valence-corrected chi connectivity index (χ3v) is 3.01. The Morgan fingerprint density at radius 3 is 2.47 bits per heavy atom. The number of rotatable bonds is 2. The molecule has 0 aliphatic rings. The Kier molecular flexibility index (Phi) is 2.74. The zero-order valence-corrected chi connectivity index (χ0v) is 9.33. The topological polar surface area (TPSA) is 26.0 Å². The van der Waals surface area contributed by atoms with Gasteiger partial charge >= 0.3 is 0 Å². The Morgan fingerprint density at radius 1 is 1.07 bits per heavy atom. The third kappa shape index (κ3) is 1.75. The minimum absolute atomic E-state index is 0.149. The summed E-state index contributed by atoms with van der Waals surface area (Å²) < 4.78 is 0. The van der Waals surface area contributed by atoms with Crippen molar-refractivity contribution in [2.45, 2.75) is 26.3 Å². The highest BCUT2D eigenvalue weighted by atomic mass is 14.6. The Labute approximate surface area is 90.9 Å². The van der Waals surface area contributed by atoms with Gasteiger partial charge in [0.05, 0.1) is 0 Å². The van der Waals surface area contributed by atoms with E-state index in [1.54, 1.807) is 0 Å². The maximum absolute atomic E-state index is 6.11. The molecule has 0 aliphatic heterocycles. The van der Waals surface area contributed by atoms with Crippen molar-refractivity contribution in [3.8, 4) is 0 Å². The second-order valence-electron chi connectivity index (χ2n) is 4.03. The van der Waals surface area contributed by atoms with E-state index >= 15 is 0 Å². The van der Waals surface area contributed by atoms with E-state index in [-0.39, 0.29) is 6.04 Å². The molecule has 0 aliphatic carbocycles. The summed E-state index contributed by atoms with van der Waals surface area (Å²) in [6.45, 7) is 4.27. The van der Waals surface area contributed by atoms with Crippen LogP contribution in [0.15, 0.2) is 36.4 Å². The van der Waals surface area contributed by atoms with Gasteiger partial charge in [-0.25, -0.2) is 0 Å². The van der Waals surface area contributed by atoms with Gasteiger partial charge in [0.1, 0.15) is 0 Å². The molecule has 1 heteroatoms. The molecule has 0 saturated heterocycles. The van der Waals surface area contributed by atoms with Crippen LogP contribution < -0.4 is 5.73 Å². The van der Waals surface area contributed by atoms with Crippen molar-refractivity contribution >= 4 is 10.8 Å². The van der Waals surface area contributed by atoms with Crippen molar-refractivity contribution in [1.29, 1.82) is 0 Å². The van der Waals surface area contributed by atoms with Crippen LogP contribution in [0.4, 0.5) is 0 Å². The van der Waals surface area contributed by atoms with Gasteiger partial charge in [-0.1, -0.05) is 43.3 Å². The smallest absolute Gasteiger partial charge is 0.0298 e. The lowest BCUT2D eigenvalue weighted by Gasteiger charge is -2.13. The maximum atomic E-state index is 6.11. The SMILES string of the molecule is CCC(N)c1cccc2c(C)cccc12. The monoisotopic (exact) mass is 199 g/mol. The van der Waals surface area contributed by atoms with E-state index in [1.165, 1.54) is 21.9 Å². The molecule has 2 N–H and O–H groups in total. The number of nitrogens with two attached hydrogens (primary N) is 1. The molecule has 1 nitrogen and oxygen atoms in total. The van der Waals surface area contributed by atoms with Crippen molar-refractivity contribution < 1.29 is 0 Å². The lowest BCUT2D eigenvalue weighted by molar-refractivity contribution is 0.704. The second-order valence-corrected chi connectivity index (χ2v) is 4.03. The van der Waals surface area contributed by atoms with Crippen molar-refractivity contribution in [2.75, 3.05) is 0 Å². The number of benzene rings is 2. The highest BCUT2D eigenvalue weighted by molar-refractivity contribution is 5.88. The van der Waals surface area contributed by atoms with Crippen LogP contribution in [0, 0.1) is 6.92 Å². The van der Waals surface area contributed by atoms with Crippen molar-refractivity contribution in [2.24, 2.45) is 5.73 Å². The molecule has 0 heterocycles. The normalized spacial score (nSPS) is 13.0. The zero-order chi connectivity index (χ0) is 10.8. The number of aryl methyl sites for hydroxylation is 1. The fourth-order valence-electron chi connectivity index (χ4n) is 2.03. The van der Waals surface area contributed by atoms with Crippen LogP contribution in [0.1, 0.15) is 30.5 Å². The highest BCUT2D eigenvalue weighted by Gasteiger charge is 2.07. The molecule has 15 heavy (non-hydrogen) atoms. The van der Waals surface area contributed by atoms with E-state index < -0.39 is 0 Å². The van der Waals surface area contributed by atoms with E-state index in [9.17, 15) is 0 Å². The van der Waals surface area contributed by atoms with Gasteiger partial charge in [0.2, 0.25) is 0 Å². The summed E-state index contributed by atoms with van der Waals surface area (Å²) in [7, 11) is 0. The predicted octanol–water partition coefficient (Wildman–Crippen LogP) is 3.56. The van der Waals surface area contributed by atoms with Crippen LogP contribution in [0.5, 0.6) is 0 Å². The predicted molar refractivity (Wildman–Crippen MR) is 65.9 cm³/mol. The average Bonchev–Trinajstić information content (AvgIpc) is 2.28. The van der Waals surface area contributed by atoms with Gasteiger partial charge in [-0.2, -0.15) is 0 Å². The Morgan fingerprint density at radius 2 is 1.73 bits per heavy atom. The van der Waals surface area contributed by atoms with Crippen LogP contribution >= 0.6 is 0 Å². The van der Waals surface area contributed by atoms with Crippen LogP contribution in [0.3, 0.4) is 0 Å². The fraction of sp³-hybridized carbons (Fsp3) is 0.286. The lowest BCUT2D eigenvalue weighted by atomic mass is 9.96. The first-order valence-electron chi connectivity index (χ1n) is 5.48. The average molecular weight is 199 g/mol. The summed E-state index contributed by atoms with van der Waals surface area (Å²) in [6, 6.07) is 12.9. The first-order chi connectivity index (χ1) is 7.24. The molecule has 0 bridgehead atoms. The molecular weight excluding hydrogens is 182 g/mol. The third-order valence-electron chi connectivity index (χ3n) is 3.01. The number of hydrogen-bond acceptors (Lipinski definition) is 1. The van der Waals surface area contributed by atoms with E-state index in [1.807, 2.05) is 0 Å². The van der Waals surface area contributed by atoms with Gasteiger partial charge < -0.3 is 5.73 Å². The first kappa shape index (κ1) is 10.2. The Hall–Kier alpha value is -1.34. The molecule has 0 amide bonds. The van der Waals surface area contributed by atoms with Crippen molar-refractivity contribution in [3.05, 3.63) is 47.5 Å². The summed E-state index contributed by atoms with van der Waals surface area (Å²) >= 11 is 0. The summed E-state index contributed by atoms with van der Waals surface area (Å²) in [5, 5.41) is 2.62. The minimum Gasteiger partial charge on any atom is -0.324 e. The molecule has 0 spiro atoms. The van der Waals surface area contributed by atoms with Crippen LogP contribution in [0.2, 0.25) is 0 Å². The summed E-state index contributed by atoms with van der Waals surface area (Å²) in [5.41, 5.74) is 8.69. The molecule has 2 rings (SSSR count). The Bertz CT molecular complexity index is 474. The van der Waals surface area contributed by atoms with Gasteiger partial charge in [-0.15, -0.1) is 0 Å². The molecule has 78 valence electrons. The van der Waals surface area contributed by atoms with Crippen molar-refractivity contribution in [1.82, 2.24) is 0 Å². The zero-order valence-electron chi connectivity index (χ0n) is 9.33. The molecule has 0 aromatic heterocycles. The standard InChI is InChI=1S/C14H17N/c1-3-14(15)13-9-5-7-11-10(2)6-4-8-12(11)13/h4-9,14H,3,15H2,1-2H3. The molecular formula is C14H17N. The van der Waals surface area contributed by atoms with Gasteiger partial charge in [-0.05, 0) is 35.2 Å². The summed E-state index contributed by atoms with van der Waals surface area (Å²) in [6.07, 6.45) is 0.979. The van der Waals surface area contributed by atoms with Crippen LogP contribution in [-0.4, -0.2) is 0 Å². The van der Waals surface area contributed by atoms with E-state index in [0.29, 0.717) is 0 Å². The second kappa shape index (κ2) is 4.03. The molecule has 0 radical (unpaired) electrons. The van der Waals surface area contributed by atoms with Gasteiger partial charge in [0, 0.05) is 6.04 Å². The number of hydrogen-bond donors (Lipinski definition) is 1. The molecule has 1 unspecified atom stereocenters. The molecule has 1 atom stereocenters. The maximum Gasteiger partial charge on any atom is 0.0298 e. The van der Waals surface area contributed by atoms with Gasteiger partial charge in [-0.3, -0.25) is 0 Å². The van der Waals surface area contributed by atoms with E-state index in [0.717, 1.165) is 6.42 Å². The molecule has 0 saturated carbocycles. The van der Waals surface area contributed by atoms with Crippen LogP contribution in [0.25, 0.3) is 10.8 Å². The molecule has 2 aromatic rings. The van der Waals surface area contributed by atoms with Gasteiger partial charge in [0.25, 0.3) is 0 Å². The first-order valence-corrected chi connectivity index (χ1v) is 5.48. The van der Waals surface area contributed by atoms with E-state index in [2.05, 4.69) is 50.2 Å². The minimum atomic E-state index is 0.149. The van der Waals surface area contributed by atoms with Crippen LogP contribution in [-0.2, 0) is 0 Å².